The van der Waals surface area contributed by atoms with Gasteiger partial charge in [-0.25, -0.2) is 0 Å². The fourth-order valence-electron chi connectivity index (χ4n) is 1.49. The molecule has 3 heteroatoms. The van der Waals surface area contributed by atoms with Crippen molar-refractivity contribution in [2.75, 3.05) is 0 Å². The number of aliphatic hydroxyl groups is 1. The molecule has 76 valence electrons. The smallest absolute Gasteiger partial charge is 0.225 e. The van der Waals surface area contributed by atoms with Crippen LogP contribution < -0.4 is 5.32 Å². The van der Waals surface area contributed by atoms with E-state index in [2.05, 4.69) is 5.32 Å². The van der Waals surface area contributed by atoms with Crippen LogP contribution in [0.4, 0.5) is 0 Å². The molecule has 1 aliphatic carbocycles. The quantitative estimate of drug-likeness (QED) is 0.642. The van der Waals surface area contributed by atoms with E-state index in [-0.39, 0.29) is 23.5 Å². The van der Waals surface area contributed by atoms with E-state index in [1.807, 2.05) is 20.8 Å². The van der Waals surface area contributed by atoms with Gasteiger partial charge in [-0.3, -0.25) is 4.79 Å². The van der Waals surface area contributed by atoms with E-state index in [4.69, 9.17) is 0 Å². The third-order valence-electron chi connectivity index (χ3n) is 2.48. The van der Waals surface area contributed by atoms with Gasteiger partial charge in [0, 0.05) is 5.41 Å². The van der Waals surface area contributed by atoms with Gasteiger partial charge in [-0.2, -0.15) is 0 Å². The van der Waals surface area contributed by atoms with Gasteiger partial charge in [0.2, 0.25) is 5.91 Å². The third kappa shape index (κ3) is 2.69. The Labute approximate surface area is 79.5 Å². The number of carbonyl (C=O) groups excluding carboxylic acids is 1. The highest BCUT2D eigenvalue weighted by atomic mass is 16.3. The average molecular weight is 185 g/mol. The number of rotatable bonds is 1. The molecule has 0 spiro atoms. The summed E-state index contributed by atoms with van der Waals surface area (Å²) < 4.78 is 0. The van der Waals surface area contributed by atoms with Crippen LogP contribution in [-0.2, 0) is 4.79 Å². The Morgan fingerprint density at radius 2 is 2.00 bits per heavy atom. The van der Waals surface area contributed by atoms with Gasteiger partial charge >= 0.3 is 0 Å². The van der Waals surface area contributed by atoms with Gasteiger partial charge in [0.1, 0.15) is 0 Å². The number of carbonyl (C=O) groups is 1. The molecule has 0 aromatic carbocycles. The van der Waals surface area contributed by atoms with E-state index in [1.165, 1.54) is 0 Å². The van der Waals surface area contributed by atoms with Gasteiger partial charge in [0.25, 0.3) is 0 Å². The van der Waals surface area contributed by atoms with Crippen LogP contribution >= 0.6 is 0 Å². The van der Waals surface area contributed by atoms with Crippen LogP contribution in [-0.4, -0.2) is 23.2 Å². The number of amides is 1. The predicted octanol–water partition coefficient (Wildman–Crippen LogP) is 1.06. The number of hydrogen-bond donors (Lipinski definition) is 2. The lowest BCUT2D eigenvalue weighted by molar-refractivity contribution is -0.129. The van der Waals surface area contributed by atoms with Crippen molar-refractivity contribution in [2.45, 2.75) is 52.2 Å². The Hall–Kier alpha value is -0.570. The van der Waals surface area contributed by atoms with E-state index >= 15 is 0 Å². The Morgan fingerprint density at radius 1 is 1.38 bits per heavy atom. The monoisotopic (exact) mass is 185 g/mol. The standard InChI is InChI=1S/C10H19NO2/c1-10(2,3)9(13)11-7-5-4-6-8(7)12/h7-8,12H,4-6H2,1-3H3,(H,11,13). The lowest BCUT2D eigenvalue weighted by Crippen LogP contribution is -2.45. The first kappa shape index (κ1) is 10.5. The molecule has 1 aliphatic rings. The molecule has 1 fully saturated rings. The molecule has 0 aromatic rings. The van der Waals surface area contributed by atoms with Crippen molar-refractivity contribution in [3.63, 3.8) is 0 Å². The first-order valence-electron chi connectivity index (χ1n) is 4.90. The van der Waals surface area contributed by atoms with Crippen molar-refractivity contribution in [1.82, 2.24) is 5.32 Å². The van der Waals surface area contributed by atoms with Crippen molar-refractivity contribution >= 4 is 5.91 Å². The van der Waals surface area contributed by atoms with Crippen molar-refractivity contribution in [2.24, 2.45) is 5.41 Å². The van der Waals surface area contributed by atoms with Crippen LogP contribution in [0.5, 0.6) is 0 Å². The van der Waals surface area contributed by atoms with Crippen LogP contribution in [0, 0.1) is 5.41 Å². The molecule has 2 N–H and O–H groups in total. The second-order valence-corrected chi connectivity index (χ2v) is 4.83. The molecule has 0 heterocycles. The van der Waals surface area contributed by atoms with Gasteiger partial charge in [-0.1, -0.05) is 20.8 Å². The maximum Gasteiger partial charge on any atom is 0.225 e. The van der Waals surface area contributed by atoms with Crippen molar-refractivity contribution in [1.29, 1.82) is 0 Å². The second-order valence-electron chi connectivity index (χ2n) is 4.83. The summed E-state index contributed by atoms with van der Waals surface area (Å²) in [6, 6.07) is -0.0216. The van der Waals surface area contributed by atoms with Gasteiger partial charge in [0.05, 0.1) is 12.1 Å². The summed E-state index contributed by atoms with van der Waals surface area (Å²) in [5.41, 5.74) is -0.359. The Bertz CT molecular complexity index is 196. The molecule has 0 bridgehead atoms. The lowest BCUT2D eigenvalue weighted by atomic mass is 9.95. The molecule has 0 aliphatic heterocycles. The highest BCUT2D eigenvalue weighted by molar-refractivity contribution is 5.81. The first-order valence-corrected chi connectivity index (χ1v) is 4.90. The average Bonchev–Trinajstić information content (AvgIpc) is 2.34. The Morgan fingerprint density at radius 3 is 2.38 bits per heavy atom. The largest absolute Gasteiger partial charge is 0.391 e. The predicted molar refractivity (Wildman–Crippen MR) is 51.2 cm³/mol. The highest BCUT2D eigenvalue weighted by Crippen LogP contribution is 2.21. The number of aliphatic hydroxyl groups excluding tert-OH is 1. The molecule has 3 nitrogen and oxygen atoms in total. The Kier molecular flexibility index (Phi) is 2.96. The topological polar surface area (TPSA) is 49.3 Å². The zero-order valence-corrected chi connectivity index (χ0v) is 8.63. The minimum Gasteiger partial charge on any atom is -0.391 e. The molecule has 1 rings (SSSR count). The van der Waals surface area contributed by atoms with Crippen LogP contribution in [0.1, 0.15) is 40.0 Å². The molecule has 1 amide bonds. The number of hydrogen-bond acceptors (Lipinski definition) is 2. The highest BCUT2D eigenvalue weighted by Gasteiger charge is 2.30. The normalized spacial score (nSPS) is 28.9. The van der Waals surface area contributed by atoms with Gasteiger partial charge in [0.15, 0.2) is 0 Å². The lowest BCUT2D eigenvalue weighted by Gasteiger charge is -2.23. The Balaban J connectivity index is 2.45. The fraction of sp³-hybridized carbons (Fsp3) is 0.900. The van der Waals surface area contributed by atoms with Crippen molar-refractivity contribution in [3.05, 3.63) is 0 Å². The number of nitrogens with one attached hydrogen (secondary N) is 1. The fourth-order valence-corrected chi connectivity index (χ4v) is 1.49. The molecule has 1 saturated carbocycles. The molecular formula is C10H19NO2. The maximum atomic E-state index is 11.5. The summed E-state index contributed by atoms with van der Waals surface area (Å²) in [6.07, 6.45) is 2.39. The second kappa shape index (κ2) is 3.66. The summed E-state index contributed by atoms with van der Waals surface area (Å²) in [6.45, 7) is 5.64. The zero-order valence-electron chi connectivity index (χ0n) is 8.63. The molecule has 0 saturated heterocycles. The first-order chi connectivity index (χ1) is 5.91. The molecule has 2 unspecified atom stereocenters. The van der Waals surface area contributed by atoms with Crippen molar-refractivity contribution < 1.29 is 9.90 Å². The molecule has 13 heavy (non-hydrogen) atoms. The zero-order chi connectivity index (χ0) is 10.1. The summed E-state index contributed by atoms with van der Waals surface area (Å²) in [7, 11) is 0. The van der Waals surface area contributed by atoms with Crippen LogP contribution in [0.3, 0.4) is 0 Å². The molecule has 0 aromatic heterocycles. The van der Waals surface area contributed by atoms with E-state index in [0.29, 0.717) is 0 Å². The van der Waals surface area contributed by atoms with Gasteiger partial charge in [-0.15, -0.1) is 0 Å². The summed E-state index contributed by atoms with van der Waals surface area (Å²) >= 11 is 0. The van der Waals surface area contributed by atoms with Crippen LogP contribution in [0.15, 0.2) is 0 Å². The van der Waals surface area contributed by atoms with Crippen molar-refractivity contribution in [3.8, 4) is 0 Å². The minimum atomic E-state index is -0.359. The summed E-state index contributed by atoms with van der Waals surface area (Å²) in [4.78, 5) is 11.5. The van der Waals surface area contributed by atoms with E-state index in [1.54, 1.807) is 0 Å². The van der Waals surface area contributed by atoms with Crippen LogP contribution in [0.25, 0.3) is 0 Å². The SMILES string of the molecule is CC(C)(C)C(=O)NC1CCCC1O. The molecular weight excluding hydrogens is 166 g/mol. The summed E-state index contributed by atoms with van der Waals surface area (Å²) in [5, 5.41) is 12.4. The van der Waals surface area contributed by atoms with Gasteiger partial charge < -0.3 is 10.4 Å². The van der Waals surface area contributed by atoms with E-state index in [9.17, 15) is 9.90 Å². The molecule has 0 radical (unpaired) electrons. The maximum absolute atomic E-state index is 11.5. The third-order valence-corrected chi connectivity index (χ3v) is 2.48. The summed E-state index contributed by atoms with van der Waals surface area (Å²) in [5.74, 6) is 0.0263. The van der Waals surface area contributed by atoms with E-state index < -0.39 is 0 Å². The van der Waals surface area contributed by atoms with Gasteiger partial charge in [-0.05, 0) is 19.3 Å². The minimum absolute atomic E-state index is 0.0216. The molecule has 2 atom stereocenters. The van der Waals surface area contributed by atoms with Crippen LogP contribution in [0.2, 0.25) is 0 Å². The van der Waals surface area contributed by atoms with E-state index in [0.717, 1.165) is 19.3 Å².